The quantitative estimate of drug-likeness (QED) is 0.636. The highest BCUT2D eigenvalue weighted by Gasteiger charge is 2.22. The third-order valence-corrected chi connectivity index (χ3v) is 2.87. The summed E-state index contributed by atoms with van der Waals surface area (Å²) >= 11 is 0. The summed E-state index contributed by atoms with van der Waals surface area (Å²) in [5.41, 5.74) is 4.41. The molecule has 2 bridgehead atoms. The molecule has 2 rings (SSSR count). The van der Waals surface area contributed by atoms with Gasteiger partial charge in [-0.25, -0.2) is 0 Å². The summed E-state index contributed by atoms with van der Waals surface area (Å²) in [5.74, 6) is 0. The molecule has 0 spiro atoms. The first-order valence-electron chi connectivity index (χ1n) is 4.65. The predicted octanol–water partition coefficient (Wildman–Crippen LogP) is 1.82. The van der Waals surface area contributed by atoms with Crippen LogP contribution in [0, 0.1) is 0 Å². The normalized spacial score (nSPS) is 22.5. The van der Waals surface area contributed by atoms with Crippen molar-refractivity contribution >= 4 is 0 Å². The van der Waals surface area contributed by atoms with Crippen molar-refractivity contribution in [1.29, 1.82) is 0 Å². The van der Waals surface area contributed by atoms with Crippen LogP contribution >= 0.6 is 0 Å². The molecule has 1 fully saturated rings. The highest BCUT2D eigenvalue weighted by Crippen LogP contribution is 2.33. The number of hydrogen-bond donors (Lipinski definition) is 1. The minimum atomic E-state index is 1.10. The number of fused-ring (bicyclic) bond motifs is 2. The van der Waals surface area contributed by atoms with E-state index in [1.54, 1.807) is 0 Å². The van der Waals surface area contributed by atoms with Gasteiger partial charge in [0.05, 0.1) is 0 Å². The fourth-order valence-electron chi connectivity index (χ4n) is 2.12. The maximum Gasteiger partial charge on any atom is 0.0368 e. The molecule has 2 heteroatoms. The Morgan fingerprint density at radius 2 is 2.25 bits per heavy atom. The van der Waals surface area contributed by atoms with Crippen LogP contribution in [0.4, 0.5) is 0 Å². The average Bonchev–Trinajstić information content (AvgIpc) is 2.04. The minimum absolute atomic E-state index is 1.10. The molecule has 1 N–H and O–H groups in total. The van der Waals surface area contributed by atoms with E-state index < -0.39 is 0 Å². The zero-order chi connectivity index (χ0) is 8.55. The van der Waals surface area contributed by atoms with Gasteiger partial charge in [0.25, 0.3) is 0 Å². The van der Waals surface area contributed by atoms with Crippen LogP contribution < -0.4 is 5.32 Å². The largest absolute Gasteiger partial charge is 0.390 e. The van der Waals surface area contributed by atoms with E-state index in [9.17, 15) is 0 Å². The lowest BCUT2D eigenvalue weighted by atomic mass is 9.97. The molecule has 0 aromatic rings. The van der Waals surface area contributed by atoms with Gasteiger partial charge in [-0.3, -0.25) is 0 Å². The molecule has 0 aromatic heterocycles. The zero-order valence-corrected chi connectivity index (χ0v) is 7.85. The topological polar surface area (TPSA) is 15.3 Å². The molecule has 0 aromatic carbocycles. The minimum Gasteiger partial charge on any atom is -0.390 e. The van der Waals surface area contributed by atoms with E-state index in [1.165, 1.54) is 36.4 Å². The SMILES string of the molecule is CNC1=C2CCCC(=CC1)N2C. The van der Waals surface area contributed by atoms with Gasteiger partial charge in [-0.15, -0.1) is 0 Å². The summed E-state index contributed by atoms with van der Waals surface area (Å²) in [7, 11) is 4.19. The second kappa shape index (κ2) is 2.85. The fourth-order valence-corrected chi connectivity index (χ4v) is 2.12. The molecular weight excluding hydrogens is 148 g/mol. The molecule has 0 aliphatic carbocycles. The molecule has 0 unspecified atom stereocenters. The molecule has 0 atom stereocenters. The van der Waals surface area contributed by atoms with Gasteiger partial charge in [0, 0.05) is 37.6 Å². The van der Waals surface area contributed by atoms with Gasteiger partial charge in [0.1, 0.15) is 0 Å². The van der Waals surface area contributed by atoms with Crippen LogP contribution in [0.1, 0.15) is 25.7 Å². The molecule has 0 radical (unpaired) electrons. The molecule has 2 aliphatic heterocycles. The second-order valence-corrected chi connectivity index (χ2v) is 3.49. The van der Waals surface area contributed by atoms with Crippen molar-refractivity contribution in [3.8, 4) is 0 Å². The van der Waals surface area contributed by atoms with Gasteiger partial charge in [0.15, 0.2) is 0 Å². The first-order valence-corrected chi connectivity index (χ1v) is 4.65. The molecule has 12 heavy (non-hydrogen) atoms. The van der Waals surface area contributed by atoms with Crippen LogP contribution in [0.15, 0.2) is 23.2 Å². The van der Waals surface area contributed by atoms with E-state index in [2.05, 4.69) is 23.3 Å². The van der Waals surface area contributed by atoms with Crippen molar-refractivity contribution in [2.24, 2.45) is 0 Å². The van der Waals surface area contributed by atoms with E-state index in [0.29, 0.717) is 0 Å². The van der Waals surface area contributed by atoms with Crippen molar-refractivity contribution < 1.29 is 0 Å². The van der Waals surface area contributed by atoms with Gasteiger partial charge in [0.2, 0.25) is 0 Å². The third-order valence-electron chi connectivity index (χ3n) is 2.87. The second-order valence-electron chi connectivity index (χ2n) is 3.49. The Balaban J connectivity index is 2.31. The smallest absolute Gasteiger partial charge is 0.0368 e. The Morgan fingerprint density at radius 3 is 3.00 bits per heavy atom. The van der Waals surface area contributed by atoms with Crippen molar-refractivity contribution in [1.82, 2.24) is 10.2 Å². The average molecular weight is 164 g/mol. The molecule has 2 heterocycles. The van der Waals surface area contributed by atoms with Crippen LogP contribution in [-0.2, 0) is 0 Å². The van der Waals surface area contributed by atoms with Crippen LogP contribution in [0.25, 0.3) is 0 Å². The zero-order valence-electron chi connectivity index (χ0n) is 7.85. The summed E-state index contributed by atoms with van der Waals surface area (Å²) in [4.78, 5) is 2.35. The summed E-state index contributed by atoms with van der Waals surface area (Å²) in [6, 6.07) is 0. The first kappa shape index (κ1) is 7.71. The monoisotopic (exact) mass is 164 g/mol. The Morgan fingerprint density at radius 1 is 1.42 bits per heavy atom. The summed E-state index contributed by atoms with van der Waals surface area (Å²) < 4.78 is 0. The van der Waals surface area contributed by atoms with Crippen molar-refractivity contribution in [2.45, 2.75) is 25.7 Å². The highest BCUT2D eigenvalue weighted by atomic mass is 15.1. The lowest BCUT2D eigenvalue weighted by Crippen LogP contribution is -2.29. The van der Waals surface area contributed by atoms with E-state index >= 15 is 0 Å². The van der Waals surface area contributed by atoms with Crippen molar-refractivity contribution in [3.05, 3.63) is 23.2 Å². The maximum atomic E-state index is 3.28. The van der Waals surface area contributed by atoms with Crippen LogP contribution in [0.3, 0.4) is 0 Å². The standard InChI is InChI=1S/C10H16N2/c1-11-9-7-6-8-4-3-5-10(9)12(8)2/h6,11H,3-5,7H2,1-2H3. The van der Waals surface area contributed by atoms with Gasteiger partial charge in [-0.1, -0.05) is 6.08 Å². The summed E-state index contributed by atoms with van der Waals surface area (Å²) in [5, 5.41) is 3.28. The first-order chi connectivity index (χ1) is 5.83. The molecule has 2 aliphatic rings. The Hall–Kier alpha value is -0.920. The fraction of sp³-hybridized carbons (Fsp3) is 0.600. The summed E-state index contributed by atoms with van der Waals surface area (Å²) in [6.45, 7) is 0. The van der Waals surface area contributed by atoms with Gasteiger partial charge < -0.3 is 10.2 Å². The maximum absolute atomic E-state index is 3.28. The number of rotatable bonds is 1. The Kier molecular flexibility index (Phi) is 1.83. The number of allylic oxidation sites excluding steroid dienone is 3. The number of hydrogen-bond acceptors (Lipinski definition) is 2. The van der Waals surface area contributed by atoms with Crippen molar-refractivity contribution in [3.63, 3.8) is 0 Å². The van der Waals surface area contributed by atoms with Gasteiger partial charge in [-0.2, -0.15) is 0 Å². The van der Waals surface area contributed by atoms with Crippen LogP contribution in [-0.4, -0.2) is 19.0 Å². The van der Waals surface area contributed by atoms with Crippen LogP contribution in [0.2, 0.25) is 0 Å². The Bertz CT molecular complexity index is 251. The molecule has 1 saturated heterocycles. The number of piperidine rings is 1. The summed E-state index contributed by atoms with van der Waals surface area (Å²) in [6.07, 6.45) is 7.26. The number of nitrogens with one attached hydrogen (secondary N) is 1. The lowest BCUT2D eigenvalue weighted by Gasteiger charge is -2.35. The molecular formula is C10H16N2. The van der Waals surface area contributed by atoms with Gasteiger partial charge >= 0.3 is 0 Å². The molecule has 0 amide bonds. The molecule has 66 valence electrons. The predicted molar refractivity (Wildman–Crippen MR) is 50.4 cm³/mol. The number of nitrogens with zero attached hydrogens (tertiary/aromatic N) is 1. The van der Waals surface area contributed by atoms with E-state index in [1.807, 2.05) is 7.05 Å². The van der Waals surface area contributed by atoms with Gasteiger partial charge in [-0.05, 0) is 19.3 Å². The van der Waals surface area contributed by atoms with E-state index in [4.69, 9.17) is 0 Å². The van der Waals surface area contributed by atoms with Crippen LogP contribution in [0.5, 0.6) is 0 Å². The van der Waals surface area contributed by atoms with E-state index in [-0.39, 0.29) is 0 Å². The van der Waals surface area contributed by atoms with E-state index in [0.717, 1.165) is 6.42 Å². The Labute approximate surface area is 73.9 Å². The molecule has 2 nitrogen and oxygen atoms in total. The van der Waals surface area contributed by atoms with Crippen molar-refractivity contribution in [2.75, 3.05) is 14.1 Å². The lowest BCUT2D eigenvalue weighted by molar-refractivity contribution is 0.398. The molecule has 0 saturated carbocycles. The third kappa shape index (κ3) is 1.02. The highest BCUT2D eigenvalue weighted by molar-refractivity contribution is 5.28.